The summed E-state index contributed by atoms with van der Waals surface area (Å²) >= 11 is 0. The first kappa shape index (κ1) is 25.2. The van der Waals surface area contributed by atoms with Gasteiger partial charge in [-0.25, -0.2) is 4.39 Å². The lowest BCUT2D eigenvalue weighted by Crippen LogP contribution is -2.51. The highest BCUT2D eigenvalue weighted by Gasteiger charge is 2.37. The van der Waals surface area contributed by atoms with Gasteiger partial charge in [0.1, 0.15) is 17.7 Å². The van der Waals surface area contributed by atoms with Crippen molar-refractivity contribution in [2.45, 2.75) is 39.2 Å². The fraction of sp³-hybridized carbons (Fsp3) is 0.577. The van der Waals surface area contributed by atoms with Gasteiger partial charge in [0, 0.05) is 64.1 Å². The normalized spacial score (nSPS) is 21.4. The Morgan fingerprint density at radius 3 is 2.51 bits per heavy atom. The summed E-state index contributed by atoms with van der Waals surface area (Å²) < 4.78 is 24.9. The highest BCUT2D eigenvalue weighted by atomic mass is 19.1. The van der Waals surface area contributed by atoms with Crippen molar-refractivity contribution in [2.75, 3.05) is 46.3 Å². The average Bonchev–Trinajstić information content (AvgIpc) is 3.29. The first-order valence-corrected chi connectivity index (χ1v) is 12.4. The van der Waals surface area contributed by atoms with Crippen LogP contribution in [0.1, 0.15) is 42.9 Å². The Labute approximate surface area is 206 Å². The first-order valence-electron chi connectivity index (χ1n) is 12.4. The molecule has 1 aromatic heterocycles. The predicted octanol–water partition coefficient (Wildman–Crippen LogP) is 3.09. The number of piperidine rings is 1. The summed E-state index contributed by atoms with van der Waals surface area (Å²) in [4.78, 5) is 32.1. The van der Waals surface area contributed by atoms with Crippen molar-refractivity contribution in [1.82, 2.24) is 19.9 Å². The molecule has 2 aliphatic rings. The molecule has 0 spiro atoms. The smallest absolute Gasteiger partial charge is 0.292 e. The molecule has 0 radical (unpaired) electrons. The van der Waals surface area contributed by atoms with Gasteiger partial charge in [0.15, 0.2) is 0 Å². The Morgan fingerprint density at radius 2 is 1.83 bits per heavy atom. The Morgan fingerprint density at radius 1 is 1.11 bits per heavy atom. The van der Waals surface area contributed by atoms with Crippen LogP contribution in [0.5, 0.6) is 5.75 Å². The second kappa shape index (κ2) is 11.2. The summed E-state index contributed by atoms with van der Waals surface area (Å²) in [6.45, 7) is 8.12. The van der Waals surface area contributed by atoms with Gasteiger partial charge in [-0.2, -0.15) is 0 Å². The van der Waals surface area contributed by atoms with Crippen LogP contribution in [0.25, 0.3) is 0 Å². The molecular formula is C26H35FN4O4. The Hall–Kier alpha value is -2.94. The molecule has 190 valence electrons. The maximum atomic E-state index is 13.4. The van der Waals surface area contributed by atoms with Crippen LogP contribution < -0.4 is 4.74 Å². The molecule has 2 aromatic rings. The van der Waals surface area contributed by atoms with Crippen LogP contribution in [0.15, 0.2) is 34.9 Å². The quantitative estimate of drug-likeness (QED) is 0.599. The van der Waals surface area contributed by atoms with E-state index in [2.05, 4.69) is 31.0 Å². The van der Waals surface area contributed by atoms with Crippen LogP contribution >= 0.6 is 0 Å². The number of ether oxygens (including phenoxy) is 1. The van der Waals surface area contributed by atoms with Gasteiger partial charge >= 0.3 is 0 Å². The number of hydrogen-bond acceptors (Lipinski definition) is 6. The molecule has 3 heterocycles. The second-order valence-corrected chi connectivity index (χ2v) is 10.1. The van der Waals surface area contributed by atoms with Crippen molar-refractivity contribution >= 4 is 11.8 Å². The van der Waals surface area contributed by atoms with Gasteiger partial charge in [0.25, 0.3) is 5.91 Å². The molecule has 4 rings (SSSR count). The number of likely N-dealkylation sites (N-methyl/N-ethyl adjacent to an activating group) is 1. The summed E-state index contributed by atoms with van der Waals surface area (Å²) in [7, 11) is 2.05. The zero-order valence-electron chi connectivity index (χ0n) is 20.8. The molecule has 2 saturated heterocycles. The van der Waals surface area contributed by atoms with E-state index in [4.69, 9.17) is 9.26 Å². The molecule has 0 N–H and O–H groups in total. The average molecular weight is 487 g/mol. The van der Waals surface area contributed by atoms with Crippen LogP contribution in [0.4, 0.5) is 4.39 Å². The lowest BCUT2D eigenvalue weighted by molar-refractivity contribution is -0.135. The second-order valence-electron chi connectivity index (χ2n) is 10.1. The number of aromatic nitrogens is 1. The summed E-state index contributed by atoms with van der Waals surface area (Å²) in [6, 6.07) is 7.62. The van der Waals surface area contributed by atoms with Crippen molar-refractivity contribution < 1.29 is 23.2 Å². The number of benzene rings is 1. The number of hydrogen-bond donors (Lipinski definition) is 0. The molecule has 2 aliphatic heterocycles. The zero-order chi connectivity index (χ0) is 24.9. The van der Waals surface area contributed by atoms with Crippen LogP contribution in [-0.4, -0.2) is 84.1 Å². The number of rotatable bonds is 7. The summed E-state index contributed by atoms with van der Waals surface area (Å²) in [5, 5.41) is 4.04. The van der Waals surface area contributed by atoms with Crippen molar-refractivity contribution in [3.8, 4) is 5.75 Å². The van der Waals surface area contributed by atoms with Crippen LogP contribution in [-0.2, 0) is 11.2 Å². The standard InChI is InChI=1S/C26H35FN4O4/c1-18(2)14-21-16-24(35-28-21)26(33)31-9-8-23(34-22-6-4-20(27)5-7-22)19(17-31)15-25(32)30-12-10-29(3)11-13-30/h4-7,16,18-19,23H,8-15,17H2,1-3H3/t19-,23-/m0/s1. The van der Waals surface area contributed by atoms with Gasteiger partial charge in [-0.15, -0.1) is 0 Å². The summed E-state index contributed by atoms with van der Waals surface area (Å²) in [5.74, 6) is 0.525. The topological polar surface area (TPSA) is 79.1 Å². The highest BCUT2D eigenvalue weighted by molar-refractivity contribution is 5.91. The molecule has 35 heavy (non-hydrogen) atoms. The van der Waals surface area contributed by atoms with Crippen molar-refractivity contribution in [3.63, 3.8) is 0 Å². The molecule has 2 atom stereocenters. The lowest BCUT2D eigenvalue weighted by atomic mass is 9.90. The van der Waals surface area contributed by atoms with E-state index < -0.39 is 0 Å². The van der Waals surface area contributed by atoms with Gasteiger partial charge in [0.2, 0.25) is 11.7 Å². The number of piperazine rings is 1. The van der Waals surface area contributed by atoms with Crippen molar-refractivity contribution in [1.29, 1.82) is 0 Å². The first-order chi connectivity index (χ1) is 16.8. The minimum Gasteiger partial charge on any atom is -0.490 e. The number of carbonyl (C=O) groups excluding carboxylic acids is 2. The van der Waals surface area contributed by atoms with E-state index in [0.717, 1.165) is 25.2 Å². The van der Waals surface area contributed by atoms with E-state index in [-0.39, 0.29) is 41.8 Å². The van der Waals surface area contributed by atoms with E-state index >= 15 is 0 Å². The van der Waals surface area contributed by atoms with Crippen LogP contribution in [0.3, 0.4) is 0 Å². The molecule has 1 aromatic carbocycles. The number of nitrogens with zero attached hydrogens (tertiary/aromatic N) is 4. The lowest BCUT2D eigenvalue weighted by Gasteiger charge is -2.39. The number of halogens is 1. The highest BCUT2D eigenvalue weighted by Crippen LogP contribution is 2.28. The predicted molar refractivity (Wildman–Crippen MR) is 129 cm³/mol. The Kier molecular flexibility index (Phi) is 8.05. The molecule has 2 fully saturated rings. The maximum Gasteiger partial charge on any atom is 0.292 e. The van der Waals surface area contributed by atoms with Gasteiger partial charge in [-0.3, -0.25) is 9.59 Å². The molecule has 2 amide bonds. The van der Waals surface area contributed by atoms with Gasteiger partial charge < -0.3 is 24.0 Å². The fourth-order valence-electron chi connectivity index (χ4n) is 4.73. The third kappa shape index (κ3) is 6.60. The fourth-order valence-corrected chi connectivity index (χ4v) is 4.73. The third-order valence-electron chi connectivity index (χ3n) is 6.73. The minimum atomic E-state index is -0.330. The number of likely N-dealkylation sites (tertiary alicyclic amines) is 1. The molecule has 0 bridgehead atoms. The molecule has 8 nitrogen and oxygen atoms in total. The zero-order valence-corrected chi connectivity index (χ0v) is 20.8. The SMILES string of the molecule is CC(C)Cc1cc(C(=O)N2CC[C@H](Oc3ccc(F)cc3)[C@@H](CC(=O)N3CCN(C)CC3)C2)on1. The van der Waals surface area contributed by atoms with Crippen molar-refractivity contribution in [3.05, 3.63) is 47.6 Å². The summed E-state index contributed by atoms with van der Waals surface area (Å²) in [6.07, 6.45) is 1.34. The maximum absolute atomic E-state index is 13.4. The van der Waals surface area contributed by atoms with Crippen LogP contribution in [0.2, 0.25) is 0 Å². The van der Waals surface area contributed by atoms with E-state index in [1.54, 1.807) is 23.1 Å². The van der Waals surface area contributed by atoms with E-state index in [1.807, 2.05) is 4.90 Å². The molecule has 0 unspecified atom stereocenters. The van der Waals surface area contributed by atoms with E-state index in [1.165, 1.54) is 12.1 Å². The monoisotopic (exact) mass is 486 g/mol. The Bertz CT molecular complexity index is 1000. The van der Waals surface area contributed by atoms with E-state index in [0.29, 0.717) is 44.3 Å². The third-order valence-corrected chi connectivity index (χ3v) is 6.73. The van der Waals surface area contributed by atoms with E-state index in [9.17, 15) is 14.0 Å². The van der Waals surface area contributed by atoms with Crippen LogP contribution in [0, 0.1) is 17.7 Å². The largest absolute Gasteiger partial charge is 0.490 e. The molecular weight excluding hydrogens is 451 g/mol. The van der Waals surface area contributed by atoms with Gasteiger partial charge in [-0.1, -0.05) is 19.0 Å². The van der Waals surface area contributed by atoms with Crippen molar-refractivity contribution in [2.24, 2.45) is 11.8 Å². The van der Waals surface area contributed by atoms with Gasteiger partial charge in [-0.05, 0) is 43.7 Å². The van der Waals surface area contributed by atoms with Gasteiger partial charge in [0.05, 0.1) is 5.69 Å². The summed E-state index contributed by atoms with van der Waals surface area (Å²) in [5.41, 5.74) is 0.764. The number of carbonyl (C=O) groups is 2. The Balaban J connectivity index is 1.46. The number of amides is 2. The minimum absolute atomic E-state index is 0.0731. The molecule has 0 saturated carbocycles. The molecule has 9 heteroatoms. The molecule has 0 aliphatic carbocycles.